The van der Waals surface area contributed by atoms with Crippen molar-refractivity contribution in [2.75, 3.05) is 39.3 Å². The summed E-state index contributed by atoms with van der Waals surface area (Å²) in [5, 5.41) is 32.1. The van der Waals surface area contributed by atoms with Gasteiger partial charge in [-0.05, 0) is 107 Å². The van der Waals surface area contributed by atoms with Gasteiger partial charge in [-0.25, -0.2) is 27.5 Å². The number of H-pyrrole nitrogens is 3. The van der Waals surface area contributed by atoms with E-state index in [0.717, 1.165) is 71.0 Å². The quantitative estimate of drug-likeness (QED) is 0.0558. The topological polar surface area (TPSA) is 282 Å². The molecule has 3 aliphatic heterocycles. The number of carbonyl (C=O) groups excluding carboxylic acids is 1. The highest BCUT2D eigenvalue weighted by molar-refractivity contribution is 5.94. The van der Waals surface area contributed by atoms with Crippen LogP contribution in [0.15, 0.2) is 184 Å². The number of likely N-dealkylation sites (tertiary alicyclic amines) is 3. The molecule has 21 nitrogen and oxygen atoms in total. The van der Waals surface area contributed by atoms with Gasteiger partial charge < -0.3 is 31.1 Å². The Bertz CT molecular complexity index is 4300. The smallest absolute Gasteiger partial charge is 0.335 e. The van der Waals surface area contributed by atoms with E-state index in [-0.39, 0.29) is 77.7 Å². The van der Waals surface area contributed by atoms with Crippen LogP contribution in [0.5, 0.6) is 0 Å². The number of amides is 1. The predicted octanol–water partition coefficient (Wildman–Crippen LogP) is 8.95. The number of aromatic amines is 3. The zero-order valence-electron chi connectivity index (χ0n) is 51.6. The predicted molar refractivity (Wildman–Crippen MR) is 351 cm³/mol. The molecular weight excluding hydrogens is 1200 g/mol. The summed E-state index contributed by atoms with van der Waals surface area (Å²) in [5.74, 6) is 1.35. The molecule has 4 aromatic heterocycles. The Hall–Kier alpha value is -10.1. The van der Waals surface area contributed by atoms with Gasteiger partial charge in [-0.15, -0.1) is 20.4 Å². The molecule has 7 heterocycles. The average Bonchev–Trinajstić information content (AvgIpc) is 1.62. The second-order valence-corrected chi connectivity index (χ2v) is 23.7. The summed E-state index contributed by atoms with van der Waals surface area (Å²) >= 11 is 0. The van der Waals surface area contributed by atoms with Crippen LogP contribution in [0, 0.1) is 35.2 Å². The number of carbonyl (C=O) groups is 2. The van der Waals surface area contributed by atoms with Crippen LogP contribution in [-0.2, 0) is 32.7 Å². The molecule has 0 bridgehead atoms. The summed E-state index contributed by atoms with van der Waals surface area (Å²) in [6.45, 7) is 14.6. The lowest BCUT2D eigenvalue weighted by Gasteiger charge is -2.16. The number of aromatic carboxylic acids is 1. The van der Waals surface area contributed by atoms with Crippen molar-refractivity contribution >= 4 is 17.4 Å². The van der Waals surface area contributed by atoms with Crippen LogP contribution in [0.2, 0.25) is 0 Å². The normalized spacial score (nSPS) is 18.6. The van der Waals surface area contributed by atoms with Gasteiger partial charge in [0.2, 0.25) is 0 Å². The van der Waals surface area contributed by atoms with E-state index in [1.165, 1.54) is 71.4 Å². The minimum atomic E-state index is -1.04. The molecule has 0 saturated carbocycles. The van der Waals surface area contributed by atoms with Crippen molar-refractivity contribution in [3.05, 3.63) is 275 Å². The third-order valence-electron chi connectivity index (χ3n) is 16.8. The number of hydrogen-bond donors (Lipinski definition) is 6. The molecule has 0 spiro atoms. The van der Waals surface area contributed by atoms with Gasteiger partial charge >= 0.3 is 5.97 Å². The molecule has 6 aromatic carbocycles. The fraction of sp³-hybridized carbons (Fsp3) is 0.300. The number of aromatic nitrogens is 10. The van der Waals surface area contributed by atoms with E-state index in [1.54, 1.807) is 16.6 Å². The number of carboxylic acids is 1. The Morgan fingerprint density at radius 1 is 0.521 bits per heavy atom. The fourth-order valence-corrected chi connectivity index (χ4v) is 11.8. The van der Waals surface area contributed by atoms with Crippen molar-refractivity contribution in [1.29, 1.82) is 0 Å². The molecular formula is C70H76F3N15O6. The number of imidazole rings is 1. The van der Waals surface area contributed by atoms with E-state index in [1.807, 2.05) is 30.3 Å². The monoisotopic (exact) mass is 1280 g/mol. The molecule has 3 fully saturated rings. The van der Waals surface area contributed by atoms with Gasteiger partial charge in [0.1, 0.15) is 46.3 Å². The first-order valence-electron chi connectivity index (χ1n) is 30.6. The highest BCUT2D eigenvalue weighted by Gasteiger charge is 2.36. The minimum absolute atomic E-state index is 0. The van der Waals surface area contributed by atoms with Gasteiger partial charge in [-0.1, -0.05) is 119 Å². The lowest BCUT2D eigenvalue weighted by Crippen LogP contribution is -2.30. The molecule has 488 valence electrons. The van der Waals surface area contributed by atoms with Crippen molar-refractivity contribution in [3.63, 3.8) is 0 Å². The number of fused-ring (bicyclic) bond motifs is 1. The minimum Gasteiger partial charge on any atom is -0.478 e. The number of hydrogen-bond acceptors (Lipinski definition) is 15. The molecule has 3 aliphatic rings. The van der Waals surface area contributed by atoms with Crippen molar-refractivity contribution < 1.29 is 27.9 Å². The first kappa shape index (κ1) is 68.2. The van der Waals surface area contributed by atoms with Crippen LogP contribution in [0.4, 0.5) is 13.2 Å². The lowest BCUT2D eigenvalue weighted by atomic mass is 9.97. The second kappa shape index (κ2) is 31.9. The van der Waals surface area contributed by atoms with Crippen LogP contribution in [0.25, 0.3) is 16.9 Å². The summed E-state index contributed by atoms with van der Waals surface area (Å²) in [4.78, 5) is 79.5. The number of nitrogens with zero attached hydrogens (tertiary/aromatic N) is 10. The van der Waals surface area contributed by atoms with E-state index >= 15 is 0 Å². The maximum absolute atomic E-state index is 13.3. The molecule has 6 unspecified atom stereocenters. The average molecular weight is 1280 g/mol. The molecule has 7 N–H and O–H groups in total. The molecule has 10 aromatic rings. The van der Waals surface area contributed by atoms with Crippen molar-refractivity contribution in [2.24, 2.45) is 23.5 Å². The Labute approximate surface area is 541 Å². The van der Waals surface area contributed by atoms with Gasteiger partial charge in [0.05, 0.1) is 18.3 Å². The Morgan fingerprint density at radius 2 is 0.915 bits per heavy atom. The van der Waals surface area contributed by atoms with Crippen LogP contribution in [0.1, 0.15) is 112 Å². The standard InChI is InChI=1S/C23H24FN5O2.C23H22FN5O.C16H21N5O.C7H5FO2.CH4/c1-15-12-29(13-16-5-3-2-4-6-16)14-19(15)21-26-23(31)20(27-28-21)11-25-22(30)17-7-9-18(24)10-8-17;1-15-12-28(13-16-5-3-2-4-6-16)14-19(15)21-26-23(30)20-11-25-22(29(20)27-21)17-7-9-18(24)10-8-17;1-11-8-21(9-12-5-3-2-4-6-12)10-13(11)15-18-16(22)14(7-17)19-20-15;8-6-3-1-5(2-4-6)7(9)10;/h2-10,15,19H,11-14H2,1H3,(H,25,30)(H,26,28,31);2-11,15,19H,12-14H2,1H3,(H,26,27,30);2-6,11,13H,7-10,17H2,1H3,(H,18,20,22);1-4H,(H,9,10);1H4. The van der Waals surface area contributed by atoms with Gasteiger partial charge in [-0.2, -0.15) is 5.10 Å². The first-order valence-corrected chi connectivity index (χ1v) is 30.6. The molecule has 94 heavy (non-hydrogen) atoms. The summed E-state index contributed by atoms with van der Waals surface area (Å²) in [6.07, 6.45) is 1.51. The molecule has 3 saturated heterocycles. The number of benzene rings is 6. The second-order valence-electron chi connectivity index (χ2n) is 23.7. The lowest BCUT2D eigenvalue weighted by molar-refractivity contribution is 0.0696. The van der Waals surface area contributed by atoms with E-state index in [9.17, 15) is 37.1 Å². The van der Waals surface area contributed by atoms with E-state index in [2.05, 4.69) is 142 Å². The summed E-state index contributed by atoms with van der Waals surface area (Å²) in [5.41, 5.74) is 10.4. The van der Waals surface area contributed by atoms with Crippen molar-refractivity contribution in [1.82, 2.24) is 70.0 Å². The van der Waals surface area contributed by atoms with E-state index in [0.29, 0.717) is 57.7 Å². The molecule has 0 aliphatic carbocycles. The van der Waals surface area contributed by atoms with Gasteiger partial charge in [0, 0.05) is 94.3 Å². The van der Waals surface area contributed by atoms with Crippen molar-refractivity contribution in [3.8, 4) is 11.4 Å². The van der Waals surface area contributed by atoms with Gasteiger partial charge in [0.15, 0.2) is 11.3 Å². The number of nitrogens with two attached hydrogens (primary N) is 1. The molecule has 13 rings (SSSR count). The molecule has 1 amide bonds. The Balaban J connectivity index is 0.000000155. The van der Waals surface area contributed by atoms with Crippen LogP contribution >= 0.6 is 0 Å². The number of rotatable bonds is 15. The SMILES string of the molecule is C.CC1CN(Cc2ccccc2)CC1c1nn2c(-c3ccc(F)cc3)ncc2c(=O)[nH]1.CC1CN(Cc2ccccc2)CC1c1nnc(CN)c(=O)[nH]1.CC1CN(Cc2ccccc2)CC1c1nnc(CNC(=O)c2ccc(F)cc2)c(=O)[nH]1.O=C(O)c1ccc(F)cc1. The van der Waals surface area contributed by atoms with Crippen LogP contribution < -0.4 is 27.7 Å². The number of nitrogens with one attached hydrogen (secondary N) is 4. The number of carboxylic acid groups (broad SMARTS) is 1. The molecule has 0 radical (unpaired) electrons. The zero-order valence-corrected chi connectivity index (χ0v) is 51.6. The maximum Gasteiger partial charge on any atom is 0.335 e. The van der Waals surface area contributed by atoms with Gasteiger partial charge in [0.25, 0.3) is 22.6 Å². The highest BCUT2D eigenvalue weighted by atomic mass is 19.1. The third-order valence-corrected chi connectivity index (χ3v) is 16.8. The van der Waals surface area contributed by atoms with Gasteiger partial charge in [-0.3, -0.25) is 33.9 Å². The summed E-state index contributed by atoms with van der Waals surface area (Å²) < 4.78 is 40.0. The highest BCUT2D eigenvalue weighted by Crippen LogP contribution is 2.33. The summed E-state index contributed by atoms with van der Waals surface area (Å²) in [7, 11) is 0. The van der Waals surface area contributed by atoms with Crippen LogP contribution in [0.3, 0.4) is 0 Å². The van der Waals surface area contributed by atoms with Crippen molar-refractivity contribution in [2.45, 2.75) is 78.7 Å². The molecule has 6 atom stereocenters. The largest absolute Gasteiger partial charge is 0.478 e. The third kappa shape index (κ3) is 17.7. The number of halogens is 3. The zero-order chi connectivity index (χ0) is 65.5. The van der Waals surface area contributed by atoms with E-state index < -0.39 is 23.5 Å². The van der Waals surface area contributed by atoms with E-state index in [4.69, 9.17) is 15.9 Å². The Morgan fingerprint density at radius 3 is 1.33 bits per heavy atom. The first-order chi connectivity index (χ1) is 44.9. The van der Waals surface area contributed by atoms with Crippen LogP contribution in [-0.4, -0.2) is 121 Å². The molecule has 24 heteroatoms. The Kier molecular flexibility index (Phi) is 23.2. The fourth-order valence-electron chi connectivity index (χ4n) is 11.8. The summed E-state index contributed by atoms with van der Waals surface area (Å²) in [6, 6.07) is 47.0. The maximum atomic E-state index is 13.3.